The highest BCUT2D eigenvalue weighted by atomic mass is 14.2. The van der Waals surface area contributed by atoms with Crippen LogP contribution in [0.2, 0.25) is 0 Å². The third kappa shape index (κ3) is 3.55. The first-order valence-corrected chi connectivity index (χ1v) is 16.8. The molecule has 0 aliphatic carbocycles. The van der Waals surface area contributed by atoms with E-state index in [1.807, 2.05) is 0 Å². The van der Waals surface area contributed by atoms with Gasteiger partial charge in [0.25, 0.3) is 0 Å². The van der Waals surface area contributed by atoms with Gasteiger partial charge >= 0.3 is 0 Å². The fraction of sp³-hybridized carbons (Fsp3) is 0. The highest BCUT2D eigenvalue weighted by Gasteiger charge is 2.18. The van der Waals surface area contributed by atoms with Crippen molar-refractivity contribution in [2.45, 2.75) is 0 Å². The van der Waals surface area contributed by atoms with Gasteiger partial charge in [0.15, 0.2) is 0 Å². The molecule has 0 N–H and O–H groups in total. The van der Waals surface area contributed by atoms with Crippen LogP contribution in [0.25, 0.3) is 109 Å². The highest BCUT2D eigenvalue weighted by Crippen LogP contribution is 2.45. The molecule has 0 radical (unpaired) electrons. The Morgan fingerprint density at radius 2 is 0.625 bits per heavy atom. The molecule has 0 amide bonds. The average Bonchev–Trinajstić information content (AvgIpc) is 3.15. The number of rotatable bonds is 3. The monoisotopic (exact) mass is 604 g/mol. The van der Waals surface area contributed by atoms with Gasteiger partial charge in [0, 0.05) is 0 Å². The molecule has 0 aliphatic heterocycles. The van der Waals surface area contributed by atoms with E-state index in [0.717, 1.165) is 0 Å². The summed E-state index contributed by atoms with van der Waals surface area (Å²) in [6.07, 6.45) is 0. The molecule has 11 rings (SSSR count). The number of fused-ring (bicyclic) bond motifs is 1. The average molecular weight is 605 g/mol. The Morgan fingerprint density at radius 1 is 0.208 bits per heavy atom. The van der Waals surface area contributed by atoms with Crippen molar-refractivity contribution in [2.75, 3.05) is 0 Å². The Bertz CT molecular complexity index is 3000. The molecule has 0 aliphatic rings. The van der Waals surface area contributed by atoms with Gasteiger partial charge in [0.1, 0.15) is 0 Å². The third-order valence-electron chi connectivity index (χ3n) is 10.8. The molecule has 220 valence electrons. The van der Waals surface area contributed by atoms with Crippen LogP contribution < -0.4 is 0 Å². The molecule has 0 unspecified atom stereocenters. The maximum atomic E-state index is 2.33. The second kappa shape index (κ2) is 9.64. The quantitative estimate of drug-likeness (QED) is 0.176. The fourth-order valence-corrected chi connectivity index (χ4v) is 8.58. The van der Waals surface area contributed by atoms with Crippen LogP contribution in [0, 0.1) is 0 Å². The molecule has 0 heterocycles. The Balaban J connectivity index is 1.13. The van der Waals surface area contributed by atoms with Crippen LogP contribution in [0.15, 0.2) is 170 Å². The number of benzene rings is 11. The maximum absolute atomic E-state index is 2.33. The number of hydrogen-bond donors (Lipinski definition) is 0. The maximum Gasteiger partial charge on any atom is -0.00206 e. The molecule has 0 fully saturated rings. The zero-order valence-corrected chi connectivity index (χ0v) is 26.2. The zero-order valence-electron chi connectivity index (χ0n) is 26.2. The first-order valence-electron chi connectivity index (χ1n) is 16.8. The van der Waals surface area contributed by atoms with Gasteiger partial charge in [-0.25, -0.2) is 0 Å². The van der Waals surface area contributed by atoms with Crippen LogP contribution in [-0.2, 0) is 0 Å². The highest BCUT2D eigenvalue weighted by molar-refractivity contribution is 6.27. The van der Waals surface area contributed by atoms with Crippen LogP contribution in [0.4, 0.5) is 0 Å². The van der Waals surface area contributed by atoms with Crippen LogP contribution in [0.3, 0.4) is 0 Å². The van der Waals surface area contributed by atoms with Crippen molar-refractivity contribution in [1.29, 1.82) is 0 Å². The van der Waals surface area contributed by atoms with E-state index in [1.54, 1.807) is 0 Å². The lowest BCUT2D eigenvalue weighted by Gasteiger charge is -2.18. The van der Waals surface area contributed by atoms with Crippen LogP contribution in [0.5, 0.6) is 0 Å². The fourth-order valence-electron chi connectivity index (χ4n) is 8.58. The molecule has 0 saturated carbocycles. The van der Waals surface area contributed by atoms with Gasteiger partial charge in [-0.1, -0.05) is 170 Å². The van der Waals surface area contributed by atoms with Gasteiger partial charge in [0.2, 0.25) is 0 Å². The van der Waals surface area contributed by atoms with Crippen molar-refractivity contribution >= 4 is 75.4 Å². The lowest BCUT2D eigenvalue weighted by Crippen LogP contribution is -1.91. The van der Waals surface area contributed by atoms with E-state index in [0.29, 0.717) is 0 Å². The van der Waals surface area contributed by atoms with Crippen molar-refractivity contribution in [1.82, 2.24) is 0 Å². The van der Waals surface area contributed by atoms with Gasteiger partial charge in [-0.15, -0.1) is 0 Å². The Hall–Kier alpha value is -6.24. The molecule has 0 atom stereocenters. The lowest BCUT2D eigenvalue weighted by atomic mass is 9.85. The number of hydrogen-bond acceptors (Lipinski definition) is 0. The zero-order chi connectivity index (χ0) is 31.3. The SMILES string of the molecule is c1ccc2c(-c3ccc(-c4ccc5ccc6cccc7ccc4c5c67)cc3)c(-c3ccc4ccc5cccc6ccc3c4c56)ccc2c1. The van der Waals surface area contributed by atoms with Crippen LogP contribution in [0.1, 0.15) is 0 Å². The van der Waals surface area contributed by atoms with Gasteiger partial charge in [-0.05, 0) is 109 Å². The van der Waals surface area contributed by atoms with Crippen molar-refractivity contribution in [3.63, 3.8) is 0 Å². The van der Waals surface area contributed by atoms with Crippen molar-refractivity contribution in [2.24, 2.45) is 0 Å². The summed E-state index contributed by atoms with van der Waals surface area (Å²) in [5, 5.41) is 18.3. The van der Waals surface area contributed by atoms with Crippen LogP contribution in [-0.4, -0.2) is 0 Å². The van der Waals surface area contributed by atoms with Gasteiger partial charge in [-0.2, -0.15) is 0 Å². The lowest BCUT2D eigenvalue weighted by molar-refractivity contribution is 1.62. The molecular weight excluding hydrogens is 577 g/mol. The minimum Gasteiger partial charge on any atom is -0.0616 e. The smallest absolute Gasteiger partial charge is 0.00206 e. The van der Waals surface area contributed by atoms with Crippen LogP contribution >= 0.6 is 0 Å². The van der Waals surface area contributed by atoms with Crippen molar-refractivity contribution in [3.05, 3.63) is 170 Å². The summed E-state index contributed by atoms with van der Waals surface area (Å²) in [5.74, 6) is 0. The first kappa shape index (κ1) is 25.9. The third-order valence-corrected chi connectivity index (χ3v) is 10.8. The van der Waals surface area contributed by atoms with E-state index < -0.39 is 0 Å². The summed E-state index contributed by atoms with van der Waals surface area (Å²) in [7, 11) is 0. The molecule has 0 aromatic heterocycles. The summed E-state index contributed by atoms with van der Waals surface area (Å²) in [5.41, 5.74) is 7.57. The standard InChI is InChI=1S/C48H28/c1-2-10-39-29(5-1)19-26-42(40-25-21-37-18-16-32-7-4-9-34-23-28-43(40)48(37)45(32)34)46(39)35-13-11-30(12-14-35)38-24-20-36-17-15-31-6-3-8-33-22-27-41(38)47(36)44(31)33/h1-28H. The second-order valence-corrected chi connectivity index (χ2v) is 13.2. The summed E-state index contributed by atoms with van der Waals surface area (Å²) < 4.78 is 0. The molecule has 0 saturated heterocycles. The molecular formula is C48H28. The van der Waals surface area contributed by atoms with Gasteiger partial charge in [0.05, 0.1) is 0 Å². The Labute approximate surface area is 277 Å². The van der Waals surface area contributed by atoms with Crippen molar-refractivity contribution < 1.29 is 0 Å². The van der Waals surface area contributed by atoms with Gasteiger partial charge < -0.3 is 0 Å². The molecule has 0 bridgehead atoms. The summed E-state index contributed by atoms with van der Waals surface area (Å²) in [6, 6.07) is 63.4. The largest absolute Gasteiger partial charge is 0.0616 e. The minimum absolute atomic E-state index is 1.23. The molecule has 11 aromatic carbocycles. The summed E-state index contributed by atoms with van der Waals surface area (Å²) >= 11 is 0. The normalized spacial score (nSPS) is 12.2. The predicted octanol–water partition coefficient (Wildman–Crippen LogP) is 13.6. The van der Waals surface area contributed by atoms with E-state index in [9.17, 15) is 0 Å². The topological polar surface area (TPSA) is 0 Å². The van der Waals surface area contributed by atoms with E-state index in [2.05, 4.69) is 170 Å². The van der Waals surface area contributed by atoms with Gasteiger partial charge in [-0.3, -0.25) is 0 Å². The molecule has 48 heavy (non-hydrogen) atoms. The summed E-state index contributed by atoms with van der Waals surface area (Å²) in [6.45, 7) is 0. The summed E-state index contributed by atoms with van der Waals surface area (Å²) in [4.78, 5) is 0. The minimum atomic E-state index is 1.23. The molecule has 0 nitrogen and oxygen atoms in total. The van der Waals surface area contributed by atoms with E-state index in [-0.39, 0.29) is 0 Å². The second-order valence-electron chi connectivity index (χ2n) is 13.2. The molecule has 0 spiro atoms. The van der Waals surface area contributed by atoms with E-state index in [1.165, 1.54) is 109 Å². The van der Waals surface area contributed by atoms with E-state index in [4.69, 9.17) is 0 Å². The first-order chi connectivity index (χ1) is 23.8. The van der Waals surface area contributed by atoms with Crippen molar-refractivity contribution in [3.8, 4) is 33.4 Å². The Kier molecular flexibility index (Phi) is 5.20. The molecule has 11 aromatic rings. The Morgan fingerprint density at radius 3 is 1.25 bits per heavy atom. The van der Waals surface area contributed by atoms with E-state index >= 15 is 0 Å². The molecule has 0 heteroatoms. The predicted molar refractivity (Wildman–Crippen MR) is 208 cm³/mol.